The third-order valence-corrected chi connectivity index (χ3v) is 7.40. The molecular weight excluding hydrogens is 380 g/mol. The molecule has 4 heterocycles. The van der Waals surface area contributed by atoms with Crippen molar-refractivity contribution in [3.63, 3.8) is 0 Å². The van der Waals surface area contributed by atoms with Crippen LogP contribution in [0.1, 0.15) is 31.3 Å². The van der Waals surface area contributed by atoms with E-state index in [0.717, 1.165) is 5.82 Å². The predicted molar refractivity (Wildman–Crippen MR) is 104 cm³/mol. The van der Waals surface area contributed by atoms with Crippen molar-refractivity contribution < 1.29 is 8.42 Å². The standard InChI is InChI=1S/C17H24N8O2S/c1-11(2)25-13(4)17(12(3)20-25)28(26,27)22(5)14-8-23(9-14)16-7-6-15-19-18-10-24(15)21-16/h6-7,10-11,14H,8-9H2,1-5H3. The number of aryl methyl sites for hydroxylation is 1. The molecular formula is C17H24N8O2S. The summed E-state index contributed by atoms with van der Waals surface area (Å²) in [4.78, 5) is 2.35. The van der Waals surface area contributed by atoms with Crippen LogP contribution in [0.3, 0.4) is 0 Å². The first-order chi connectivity index (χ1) is 13.2. The summed E-state index contributed by atoms with van der Waals surface area (Å²) in [6, 6.07) is 3.70. The summed E-state index contributed by atoms with van der Waals surface area (Å²) in [5.74, 6) is 0.773. The Balaban J connectivity index is 1.53. The molecule has 11 heteroatoms. The monoisotopic (exact) mass is 404 g/mol. The predicted octanol–water partition coefficient (Wildman–Crippen LogP) is 1.03. The lowest BCUT2D eigenvalue weighted by Gasteiger charge is -2.43. The summed E-state index contributed by atoms with van der Waals surface area (Å²) >= 11 is 0. The Kier molecular flexibility index (Phi) is 4.38. The van der Waals surface area contributed by atoms with Crippen molar-refractivity contribution in [2.45, 2.75) is 44.7 Å². The van der Waals surface area contributed by atoms with Crippen LogP contribution in [0.5, 0.6) is 0 Å². The Bertz CT molecular complexity index is 1130. The lowest BCUT2D eigenvalue weighted by Crippen LogP contribution is -2.60. The number of rotatable bonds is 5. The van der Waals surface area contributed by atoms with Crippen molar-refractivity contribution in [3.05, 3.63) is 29.8 Å². The maximum Gasteiger partial charge on any atom is 0.246 e. The van der Waals surface area contributed by atoms with Gasteiger partial charge in [0.15, 0.2) is 5.65 Å². The molecule has 0 N–H and O–H groups in total. The number of likely N-dealkylation sites (N-methyl/N-ethyl adjacent to an activating group) is 1. The molecule has 150 valence electrons. The summed E-state index contributed by atoms with van der Waals surface area (Å²) in [7, 11) is -1.99. The van der Waals surface area contributed by atoms with Gasteiger partial charge in [-0.2, -0.15) is 13.9 Å². The Labute approximate surface area is 163 Å². The molecule has 28 heavy (non-hydrogen) atoms. The van der Waals surface area contributed by atoms with Crippen molar-refractivity contribution in [3.8, 4) is 0 Å². The molecule has 0 spiro atoms. The van der Waals surface area contributed by atoms with Gasteiger partial charge in [-0.15, -0.1) is 15.3 Å². The van der Waals surface area contributed by atoms with Gasteiger partial charge in [0.25, 0.3) is 0 Å². The molecule has 0 atom stereocenters. The van der Waals surface area contributed by atoms with E-state index in [0.29, 0.717) is 35.0 Å². The molecule has 1 aliphatic heterocycles. The minimum Gasteiger partial charge on any atom is -0.352 e. The maximum atomic E-state index is 13.2. The van der Waals surface area contributed by atoms with Crippen molar-refractivity contribution in [1.82, 2.24) is 33.9 Å². The van der Waals surface area contributed by atoms with E-state index in [-0.39, 0.29) is 12.1 Å². The number of sulfonamides is 1. The van der Waals surface area contributed by atoms with E-state index >= 15 is 0 Å². The molecule has 0 aliphatic carbocycles. The molecule has 1 fully saturated rings. The van der Waals surface area contributed by atoms with Crippen LogP contribution >= 0.6 is 0 Å². The quantitative estimate of drug-likeness (QED) is 0.626. The second-order valence-electron chi connectivity index (χ2n) is 7.44. The number of fused-ring (bicyclic) bond motifs is 1. The second-order valence-corrected chi connectivity index (χ2v) is 9.38. The largest absolute Gasteiger partial charge is 0.352 e. The number of hydrogen-bond acceptors (Lipinski definition) is 7. The van der Waals surface area contributed by atoms with E-state index in [9.17, 15) is 8.42 Å². The molecule has 0 aromatic carbocycles. The fourth-order valence-electron chi connectivity index (χ4n) is 3.62. The SMILES string of the molecule is Cc1nn(C(C)C)c(C)c1S(=O)(=O)N(C)C1CN(c2ccc3nncn3n2)C1. The molecule has 0 radical (unpaired) electrons. The van der Waals surface area contributed by atoms with E-state index < -0.39 is 10.0 Å². The highest BCUT2D eigenvalue weighted by atomic mass is 32.2. The first-order valence-corrected chi connectivity index (χ1v) is 10.6. The van der Waals surface area contributed by atoms with Crippen LogP contribution in [0.2, 0.25) is 0 Å². The number of aromatic nitrogens is 6. The zero-order valence-electron chi connectivity index (χ0n) is 16.6. The normalized spacial score (nSPS) is 15.8. The average Bonchev–Trinajstić information content (AvgIpc) is 3.17. The van der Waals surface area contributed by atoms with Gasteiger partial charge in [-0.25, -0.2) is 8.42 Å². The molecule has 10 nitrogen and oxygen atoms in total. The zero-order valence-corrected chi connectivity index (χ0v) is 17.4. The van der Waals surface area contributed by atoms with Gasteiger partial charge in [-0.05, 0) is 39.8 Å². The van der Waals surface area contributed by atoms with E-state index in [1.54, 1.807) is 29.5 Å². The summed E-state index contributed by atoms with van der Waals surface area (Å²) in [5.41, 5.74) is 1.89. The van der Waals surface area contributed by atoms with E-state index in [1.165, 1.54) is 4.31 Å². The van der Waals surface area contributed by atoms with Crippen LogP contribution < -0.4 is 4.90 Å². The number of nitrogens with zero attached hydrogens (tertiary/aromatic N) is 8. The Morgan fingerprint density at radius 3 is 2.54 bits per heavy atom. The van der Waals surface area contributed by atoms with Crippen LogP contribution in [0, 0.1) is 13.8 Å². The Hall–Kier alpha value is -2.53. The minimum absolute atomic E-state index is 0.103. The highest BCUT2D eigenvalue weighted by Crippen LogP contribution is 2.29. The van der Waals surface area contributed by atoms with E-state index in [4.69, 9.17) is 0 Å². The van der Waals surface area contributed by atoms with Crippen LogP contribution in [0.15, 0.2) is 23.4 Å². The van der Waals surface area contributed by atoms with Crippen molar-refractivity contribution in [2.24, 2.45) is 0 Å². The van der Waals surface area contributed by atoms with Gasteiger partial charge in [0, 0.05) is 26.2 Å². The molecule has 0 amide bonds. The molecule has 0 bridgehead atoms. The topological polar surface area (TPSA) is 102 Å². The molecule has 1 saturated heterocycles. The van der Waals surface area contributed by atoms with E-state index in [1.807, 2.05) is 37.8 Å². The van der Waals surface area contributed by atoms with Crippen molar-refractivity contribution >= 4 is 21.5 Å². The summed E-state index contributed by atoms with van der Waals surface area (Å²) in [6.07, 6.45) is 1.55. The lowest BCUT2D eigenvalue weighted by atomic mass is 10.1. The second kappa shape index (κ2) is 6.52. The highest BCUT2D eigenvalue weighted by molar-refractivity contribution is 7.89. The first-order valence-electron chi connectivity index (χ1n) is 9.16. The zero-order chi connectivity index (χ0) is 20.2. The van der Waals surface area contributed by atoms with Gasteiger partial charge in [-0.3, -0.25) is 4.68 Å². The van der Waals surface area contributed by atoms with Crippen LogP contribution in [0.4, 0.5) is 5.82 Å². The van der Waals surface area contributed by atoms with Gasteiger partial charge >= 0.3 is 0 Å². The van der Waals surface area contributed by atoms with Crippen LogP contribution in [0.25, 0.3) is 5.65 Å². The minimum atomic E-state index is -3.63. The van der Waals surface area contributed by atoms with Gasteiger partial charge in [-0.1, -0.05) is 0 Å². The van der Waals surface area contributed by atoms with Crippen LogP contribution in [-0.2, 0) is 10.0 Å². The molecule has 4 rings (SSSR count). The third kappa shape index (κ3) is 2.85. The van der Waals surface area contributed by atoms with E-state index in [2.05, 4.69) is 20.4 Å². The van der Waals surface area contributed by atoms with Gasteiger partial charge in [0.2, 0.25) is 10.0 Å². The fourth-order valence-corrected chi connectivity index (χ4v) is 5.32. The smallest absolute Gasteiger partial charge is 0.246 e. The number of hydrogen-bond donors (Lipinski definition) is 0. The Morgan fingerprint density at radius 1 is 1.18 bits per heavy atom. The average molecular weight is 405 g/mol. The molecule has 3 aromatic rings. The number of anilines is 1. The van der Waals surface area contributed by atoms with Crippen molar-refractivity contribution in [1.29, 1.82) is 0 Å². The summed E-state index contributed by atoms with van der Waals surface area (Å²) < 4.78 is 31.3. The maximum absolute atomic E-state index is 13.2. The third-order valence-electron chi connectivity index (χ3n) is 5.23. The molecule has 0 saturated carbocycles. The Morgan fingerprint density at radius 2 is 1.89 bits per heavy atom. The van der Waals surface area contributed by atoms with Crippen molar-refractivity contribution in [2.75, 3.05) is 25.0 Å². The lowest BCUT2D eigenvalue weighted by molar-refractivity contribution is 0.308. The van der Waals surface area contributed by atoms with Crippen LogP contribution in [-0.4, -0.2) is 68.5 Å². The highest BCUT2D eigenvalue weighted by Gasteiger charge is 2.39. The molecule has 1 aliphatic rings. The van der Waals surface area contributed by atoms with Gasteiger partial charge < -0.3 is 4.90 Å². The van der Waals surface area contributed by atoms with Gasteiger partial charge in [0.1, 0.15) is 17.0 Å². The first kappa shape index (κ1) is 18.8. The fraction of sp³-hybridized carbons (Fsp3) is 0.529. The summed E-state index contributed by atoms with van der Waals surface area (Å²) in [5, 5.41) is 16.6. The molecule has 3 aromatic heterocycles. The molecule has 0 unspecified atom stereocenters. The summed E-state index contributed by atoms with van der Waals surface area (Å²) in [6.45, 7) is 8.69. The van der Waals surface area contributed by atoms with Gasteiger partial charge in [0.05, 0.1) is 17.4 Å².